The van der Waals surface area contributed by atoms with Gasteiger partial charge in [-0.1, -0.05) is 54.6 Å². The monoisotopic (exact) mass is 385 g/mol. The second-order valence-corrected chi connectivity index (χ2v) is 8.65. The van der Waals surface area contributed by atoms with Gasteiger partial charge < -0.3 is 4.74 Å². The van der Waals surface area contributed by atoms with Crippen molar-refractivity contribution >= 4 is 16.0 Å². The highest BCUT2D eigenvalue weighted by atomic mass is 32.2. The van der Waals surface area contributed by atoms with Gasteiger partial charge >= 0.3 is 5.97 Å². The van der Waals surface area contributed by atoms with Crippen LogP contribution in [0.5, 0.6) is 0 Å². The summed E-state index contributed by atoms with van der Waals surface area (Å²) in [7, 11) is -2.49. The number of esters is 1. The molecule has 2 aromatic rings. The van der Waals surface area contributed by atoms with E-state index in [-0.39, 0.29) is 16.4 Å². The second kappa shape index (κ2) is 7.66. The number of carbonyl (C=O) groups excluding carboxylic acids is 1. The van der Waals surface area contributed by atoms with E-state index in [2.05, 4.69) is 6.58 Å². The third-order valence-electron chi connectivity index (χ3n) is 5.00. The number of sulfonamides is 1. The van der Waals surface area contributed by atoms with E-state index >= 15 is 0 Å². The van der Waals surface area contributed by atoms with E-state index in [0.717, 1.165) is 11.1 Å². The predicted octanol–water partition coefficient (Wildman–Crippen LogP) is 3.27. The van der Waals surface area contributed by atoms with Crippen LogP contribution in [-0.2, 0) is 19.6 Å². The van der Waals surface area contributed by atoms with E-state index in [0.29, 0.717) is 13.0 Å². The number of hydrogen-bond acceptors (Lipinski definition) is 4. The fourth-order valence-electron chi connectivity index (χ4n) is 3.47. The van der Waals surface area contributed by atoms with Crippen molar-refractivity contribution < 1.29 is 17.9 Å². The third-order valence-corrected chi connectivity index (χ3v) is 6.89. The van der Waals surface area contributed by atoms with E-state index in [9.17, 15) is 13.2 Å². The van der Waals surface area contributed by atoms with Crippen molar-refractivity contribution in [2.45, 2.75) is 30.2 Å². The largest absolute Gasteiger partial charge is 0.466 e. The van der Waals surface area contributed by atoms with Gasteiger partial charge in [0.25, 0.3) is 0 Å². The fraction of sp³-hybridized carbons (Fsp3) is 0.286. The molecular weight excluding hydrogens is 362 g/mol. The van der Waals surface area contributed by atoms with E-state index in [1.807, 2.05) is 37.3 Å². The van der Waals surface area contributed by atoms with Crippen LogP contribution in [0, 0.1) is 6.92 Å². The molecular formula is C21H23NO4S. The zero-order chi connectivity index (χ0) is 19.6. The van der Waals surface area contributed by atoms with E-state index in [1.165, 1.54) is 11.4 Å². The zero-order valence-electron chi connectivity index (χ0n) is 15.5. The summed E-state index contributed by atoms with van der Waals surface area (Å²) in [6.07, 6.45) is 0.489. The highest BCUT2D eigenvalue weighted by molar-refractivity contribution is 7.89. The van der Waals surface area contributed by atoms with Gasteiger partial charge in [-0.25, -0.2) is 13.2 Å². The molecule has 5 nitrogen and oxygen atoms in total. The molecule has 3 rings (SSSR count). The molecule has 0 bridgehead atoms. The van der Waals surface area contributed by atoms with Crippen molar-refractivity contribution in [1.29, 1.82) is 0 Å². The first-order chi connectivity index (χ1) is 12.8. The number of ether oxygens (including phenoxy) is 1. The quantitative estimate of drug-likeness (QED) is 0.585. The fourth-order valence-corrected chi connectivity index (χ4v) is 5.14. The Labute approximate surface area is 160 Å². The Balaban J connectivity index is 1.99. The highest BCUT2D eigenvalue weighted by Crippen LogP contribution is 2.38. The van der Waals surface area contributed by atoms with E-state index in [1.54, 1.807) is 24.3 Å². The molecule has 0 unspecified atom stereocenters. The molecule has 0 N–H and O–H groups in total. The minimum absolute atomic E-state index is 0.0159. The normalized spacial score (nSPS) is 20.4. The van der Waals surface area contributed by atoms with E-state index < -0.39 is 22.0 Å². The molecule has 2 atom stereocenters. The zero-order valence-corrected chi connectivity index (χ0v) is 16.3. The minimum Gasteiger partial charge on any atom is -0.466 e. The van der Waals surface area contributed by atoms with Crippen molar-refractivity contribution in [2.75, 3.05) is 13.7 Å². The number of benzene rings is 2. The Hall–Kier alpha value is -2.44. The van der Waals surface area contributed by atoms with Gasteiger partial charge in [0.15, 0.2) is 0 Å². The lowest BCUT2D eigenvalue weighted by atomic mass is 9.94. The summed E-state index contributed by atoms with van der Waals surface area (Å²) < 4.78 is 32.7. The van der Waals surface area contributed by atoms with Crippen molar-refractivity contribution in [1.82, 2.24) is 4.31 Å². The number of rotatable bonds is 5. The summed E-state index contributed by atoms with van der Waals surface area (Å²) in [4.78, 5) is 12.3. The molecule has 1 saturated heterocycles. The van der Waals surface area contributed by atoms with Crippen molar-refractivity contribution in [2.24, 2.45) is 0 Å². The van der Waals surface area contributed by atoms with Crippen LogP contribution in [0.2, 0.25) is 0 Å². The average molecular weight is 385 g/mol. The van der Waals surface area contributed by atoms with Gasteiger partial charge in [-0.05, 0) is 37.0 Å². The van der Waals surface area contributed by atoms with Gasteiger partial charge in [-0.15, -0.1) is 0 Å². The van der Waals surface area contributed by atoms with Gasteiger partial charge in [-0.2, -0.15) is 4.31 Å². The summed E-state index contributed by atoms with van der Waals surface area (Å²) in [5.74, 6) is -0.601. The van der Waals surface area contributed by atoms with Crippen LogP contribution in [-0.4, -0.2) is 38.4 Å². The number of aryl methyl sites for hydroxylation is 1. The summed E-state index contributed by atoms with van der Waals surface area (Å²) in [5.41, 5.74) is 2.18. The molecule has 0 amide bonds. The van der Waals surface area contributed by atoms with Crippen LogP contribution in [0.15, 0.2) is 71.6 Å². The molecule has 27 heavy (non-hydrogen) atoms. The maximum absolute atomic E-state index is 13.3. The molecule has 0 spiro atoms. The lowest BCUT2D eigenvalue weighted by Crippen LogP contribution is -2.38. The first-order valence-corrected chi connectivity index (χ1v) is 10.2. The smallest absolute Gasteiger partial charge is 0.334 e. The van der Waals surface area contributed by atoms with Crippen LogP contribution in [0.1, 0.15) is 23.5 Å². The van der Waals surface area contributed by atoms with E-state index in [4.69, 9.17) is 4.74 Å². The SMILES string of the molecule is C=C(C(=O)OC)[C@H]1C[C@@H](c2ccccc2)CN1S(=O)(=O)c1ccc(C)cc1. The molecule has 1 heterocycles. The third kappa shape index (κ3) is 3.82. The van der Waals surface area contributed by atoms with Crippen molar-refractivity contribution in [3.8, 4) is 0 Å². The first-order valence-electron chi connectivity index (χ1n) is 8.75. The lowest BCUT2D eigenvalue weighted by molar-refractivity contribution is -0.136. The lowest BCUT2D eigenvalue weighted by Gasteiger charge is -2.24. The molecule has 2 aromatic carbocycles. The Morgan fingerprint density at radius 3 is 2.33 bits per heavy atom. The van der Waals surface area contributed by atoms with Crippen LogP contribution < -0.4 is 0 Å². The van der Waals surface area contributed by atoms with Crippen LogP contribution >= 0.6 is 0 Å². The summed E-state index contributed by atoms with van der Waals surface area (Å²) >= 11 is 0. The second-order valence-electron chi connectivity index (χ2n) is 6.76. The van der Waals surface area contributed by atoms with Gasteiger partial charge in [0, 0.05) is 12.1 Å². The van der Waals surface area contributed by atoms with Gasteiger partial charge in [0.05, 0.1) is 18.0 Å². The minimum atomic E-state index is -3.77. The Kier molecular flexibility index (Phi) is 5.48. The molecule has 0 radical (unpaired) electrons. The molecule has 1 fully saturated rings. The number of methoxy groups -OCH3 is 1. The van der Waals surface area contributed by atoms with Crippen molar-refractivity contribution in [3.63, 3.8) is 0 Å². The number of nitrogens with zero attached hydrogens (tertiary/aromatic N) is 1. The molecule has 0 aliphatic carbocycles. The van der Waals surface area contributed by atoms with Crippen LogP contribution in [0.4, 0.5) is 0 Å². The summed E-state index contributed by atoms with van der Waals surface area (Å²) in [6.45, 7) is 6.02. The summed E-state index contributed by atoms with van der Waals surface area (Å²) in [5, 5.41) is 0. The number of carbonyl (C=O) groups is 1. The molecule has 0 aromatic heterocycles. The molecule has 6 heteroatoms. The molecule has 0 saturated carbocycles. The van der Waals surface area contributed by atoms with Gasteiger partial charge in [0.2, 0.25) is 10.0 Å². The standard InChI is InChI=1S/C21H23NO4S/c1-15-9-11-19(12-10-15)27(24,25)22-14-18(17-7-5-4-6-8-17)13-20(22)16(2)21(23)26-3/h4-12,18,20H,2,13-14H2,1,3H3/t18-,20-/m1/s1. The number of hydrogen-bond donors (Lipinski definition) is 0. The van der Waals surface area contributed by atoms with Crippen molar-refractivity contribution in [3.05, 3.63) is 77.9 Å². The maximum atomic E-state index is 13.3. The van der Waals surface area contributed by atoms with Crippen LogP contribution in [0.3, 0.4) is 0 Å². The Morgan fingerprint density at radius 1 is 1.11 bits per heavy atom. The average Bonchev–Trinajstić information content (AvgIpc) is 3.14. The highest BCUT2D eigenvalue weighted by Gasteiger charge is 2.43. The predicted molar refractivity (Wildman–Crippen MR) is 104 cm³/mol. The maximum Gasteiger partial charge on any atom is 0.334 e. The first kappa shape index (κ1) is 19.3. The van der Waals surface area contributed by atoms with Gasteiger partial charge in [0.1, 0.15) is 0 Å². The topological polar surface area (TPSA) is 63.7 Å². The molecule has 1 aliphatic rings. The summed E-state index contributed by atoms with van der Waals surface area (Å²) in [6, 6.07) is 15.8. The Morgan fingerprint density at radius 2 is 1.74 bits per heavy atom. The van der Waals surface area contributed by atoms with Gasteiger partial charge in [-0.3, -0.25) is 0 Å². The molecule has 142 valence electrons. The van der Waals surface area contributed by atoms with Crippen LogP contribution in [0.25, 0.3) is 0 Å². The Bertz CT molecular complexity index is 936. The molecule has 1 aliphatic heterocycles.